The minimum Gasteiger partial charge on any atom is -0.476 e. The van der Waals surface area contributed by atoms with Crippen molar-refractivity contribution in [3.05, 3.63) is 11.9 Å². The van der Waals surface area contributed by atoms with Gasteiger partial charge in [-0.2, -0.15) is 4.39 Å². The first-order valence-corrected chi connectivity index (χ1v) is 6.97. The number of carbonyl (C=O) groups is 1. The molecule has 0 rings (SSSR count). The Balaban J connectivity index is 3.17. The van der Waals surface area contributed by atoms with E-state index in [-0.39, 0.29) is 0 Å². The molecule has 0 radical (unpaired) electrons. The number of nitrogens with two attached hydrogens (primary N) is 1. The molecule has 0 unspecified atom stereocenters. The molecule has 0 aromatic heterocycles. The molecule has 0 amide bonds. The summed E-state index contributed by atoms with van der Waals surface area (Å²) in [5.74, 6) is -2.50. The van der Waals surface area contributed by atoms with Gasteiger partial charge in [0.1, 0.15) is 0 Å². The van der Waals surface area contributed by atoms with Crippen LogP contribution in [0.15, 0.2) is 11.9 Å². The molecule has 0 aromatic carbocycles. The fourth-order valence-corrected chi connectivity index (χ4v) is 1.84. The van der Waals surface area contributed by atoms with Crippen molar-refractivity contribution in [2.75, 3.05) is 6.54 Å². The number of aliphatic carboxylic acids is 1. The van der Waals surface area contributed by atoms with E-state index in [9.17, 15) is 9.18 Å². The Morgan fingerprint density at radius 2 is 1.39 bits per heavy atom. The lowest BCUT2D eigenvalue weighted by molar-refractivity contribution is -0.134. The van der Waals surface area contributed by atoms with E-state index in [2.05, 4.69) is 0 Å². The van der Waals surface area contributed by atoms with Gasteiger partial charge in [-0.3, -0.25) is 0 Å². The quantitative estimate of drug-likeness (QED) is 0.414. The molecule has 0 saturated carbocycles. The molecule has 0 aliphatic carbocycles. The highest BCUT2D eigenvalue weighted by molar-refractivity contribution is 5.83. The fourth-order valence-electron chi connectivity index (χ4n) is 1.84. The smallest absolute Gasteiger partial charge is 0.364 e. The second kappa shape index (κ2) is 12.6. The molecule has 18 heavy (non-hydrogen) atoms. The molecule has 0 aliphatic heterocycles. The Morgan fingerprint density at radius 3 is 1.83 bits per heavy atom. The summed E-state index contributed by atoms with van der Waals surface area (Å²) in [6, 6.07) is 0. The second-order valence-electron chi connectivity index (χ2n) is 4.62. The van der Waals surface area contributed by atoms with Crippen LogP contribution in [0.4, 0.5) is 4.39 Å². The molecule has 0 fully saturated rings. The maximum Gasteiger partial charge on any atom is 0.364 e. The minimum absolute atomic E-state index is 0.522. The number of carboxylic acids is 1. The first kappa shape index (κ1) is 17.1. The van der Waals surface area contributed by atoms with E-state index < -0.39 is 11.8 Å². The van der Waals surface area contributed by atoms with Gasteiger partial charge in [-0.1, -0.05) is 44.9 Å². The molecule has 106 valence electrons. The predicted molar refractivity (Wildman–Crippen MR) is 72.1 cm³/mol. The highest BCUT2D eigenvalue weighted by Gasteiger charge is 2.02. The molecule has 0 heterocycles. The third-order valence-corrected chi connectivity index (χ3v) is 2.94. The number of carboxylic acid groups (broad SMARTS) is 1. The lowest BCUT2D eigenvalue weighted by Gasteiger charge is -2.01. The third kappa shape index (κ3) is 11.6. The highest BCUT2D eigenvalue weighted by Crippen LogP contribution is 2.11. The second-order valence-corrected chi connectivity index (χ2v) is 4.62. The van der Waals surface area contributed by atoms with Crippen molar-refractivity contribution < 1.29 is 14.3 Å². The van der Waals surface area contributed by atoms with Crippen LogP contribution < -0.4 is 5.73 Å². The summed E-state index contributed by atoms with van der Waals surface area (Å²) >= 11 is 0. The van der Waals surface area contributed by atoms with Gasteiger partial charge in [0, 0.05) is 0 Å². The van der Waals surface area contributed by atoms with Crippen LogP contribution in [0.1, 0.15) is 64.2 Å². The summed E-state index contributed by atoms with van der Waals surface area (Å²) in [4.78, 5) is 10.2. The lowest BCUT2D eigenvalue weighted by atomic mass is 10.1. The number of allylic oxidation sites excluding steroid dienone is 1. The number of hydrogen-bond acceptors (Lipinski definition) is 2. The molecular weight excluding hydrogens is 233 g/mol. The van der Waals surface area contributed by atoms with Gasteiger partial charge in [0.15, 0.2) is 0 Å². The van der Waals surface area contributed by atoms with Crippen LogP contribution in [0.2, 0.25) is 0 Å². The van der Waals surface area contributed by atoms with Crippen LogP contribution in [0.25, 0.3) is 0 Å². The Hall–Kier alpha value is -0.900. The van der Waals surface area contributed by atoms with Crippen molar-refractivity contribution in [1.82, 2.24) is 0 Å². The number of rotatable bonds is 12. The topological polar surface area (TPSA) is 63.3 Å². The van der Waals surface area contributed by atoms with Gasteiger partial charge in [0.2, 0.25) is 5.83 Å². The van der Waals surface area contributed by atoms with Crippen LogP contribution >= 0.6 is 0 Å². The average Bonchev–Trinajstić information content (AvgIpc) is 2.35. The van der Waals surface area contributed by atoms with Gasteiger partial charge in [0.05, 0.1) is 0 Å². The minimum atomic E-state index is -1.47. The van der Waals surface area contributed by atoms with Gasteiger partial charge in [-0.25, -0.2) is 4.79 Å². The van der Waals surface area contributed by atoms with Gasteiger partial charge in [0.25, 0.3) is 0 Å². The molecule has 0 spiro atoms. The summed E-state index contributed by atoms with van der Waals surface area (Å²) in [6.07, 6.45) is 12.1. The molecule has 0 saturated heterocycles. The third-order valence-electron chi connectivity index (χ3n) is 2.94. The molecule has 0 aromatic rings. The number of halogens is 1. The Morgan fingerprint density at radius 1 is 0.944 bits per heavy atom. The summed E-state index contributed by atoms with van der Waals surface area (Å²) in [6.45, 7) is 0.792. The Bertz CT molecular complexity index is 242. The van der Waals surface area contributed by atoms with Gasteiger partial charge >= 0.3 is 5.97 Å². The maximum atomic E-state index is 12.6. The molecular formula is C14H26FNO2. The van der Waals surface area contributed by atoms with Crippen molar-refractivity contribution in [3.8, 4) is 0 Å². The Kier molecular flexibility index (Phi) is 11.9. The van der Waals surface area contributed by atoms with Crippen LogP contribution in [0.5, 0.6) is 0 Å². The van der Waals surface area contributed by atoms with E-state index in [1.54, 1.807) is 0 Å². The highest BCUT2D eigenvalue weighted by atomic mass is 19.1. The van der Waals surface area contributed by atoms with Crippen LogP contribution in [0, 0.1) is 0 Å². The van der Waals surface area contributed by atoms with Gasteiger partial charge in [-0.15, -0.1) is 0 Å². The van der Waals surface area contributed by atoms with E-state index >= 15 is 0 Å². The van der Waals surface area contributed by atoms with Crippen molar-refractivity contribution in [3.63, 3.8) is 0 Å². The molecule has 4 heteroatoms. The number of unbranched alkanes of at least 4 members (excludes halogenated alkanes) is 9. The first-order chi connectivity index (χ1) is 8.68. The Labute approximate surface area is 109 Å². The number of hydrogen-bond donors (Lipinski definition) is 2. The molecule has 0 bridgehead atoms. The lowest BCUT2D eigenvalue weighted by Crippen LogP contribution is -1.97. The van der Waals surface area contributed by atoms with Crippen LogP contribution in [-0.4, -0.2) is 17.6 Å². The van der Waals surface area contributed by atoms with Crippen molar-refractivity contribution in [2.45, 2.75) is 64.2 Å². The molecule has 3 N–H and O–H groups in total. The van der Waals surface area contributed by atoms with Crippen LogP contribution in [-0.2, 0) is 4.79 Å². The SMILES string of the molecule is NCCCCCCCCCCCC=C(F)C(=O)O. The van der Waals surface area contributed by atoms with Crippen molar-refractivity contribution in [1.29, 1.82) is 0 Å². The zero-order valence-electron chi connectivity index (χ0n) is 11.2. The summed E-state index contributed by atoms with van der Waals surface area (Å²) in [5, 5.41) is 8.29. The molecule has 0 aliphatic rings. The first-order valence-electron chi connectivity index (χ1n) is 6.97. The summed E-state index contributed by atoms with van der Waals surface area (Å²) in [5.41, 5.74) is 5.41. The van der Waals surface area contributed by atoms with Gasteiger partial charge < -0.3 is 10.8 Å². The molecule has 3 nitrogen and oxygen atoms in total. The zero-order chi connectivity index (χ0) is 13.6. The van der Waals surface area contributed by atoms with Crippen molar-refractivity contribution >= 4 is 5.97 Å². The monoisotopic (exact) mass is 259 g/mol. The largest absolute Gasteiger partial charge is 0.476 e. The van der Waals surface area contributed by atoms with Crippen LogP contribution in [0.3, 0.4) is 0 Å². The van der Waals surface area contributed by atoms with E-state index in [4.69, 9.17) is 10.8 Å². The molecule has 0 atom stereocenters. The summed E-state index contributed by atoms with van der Waals surface area (Å²) < 4.78 is 12.6. The average molecular weight is 259 g/mol. The van der Waals surface area contributed by atoms with E-state index in [0.29, 0.717) is 6.42 Å². The summed E-state index contributed by atoms with van der Waals surface area (Å²) in [7, 11) is 0. The van der Waals surface area contributed by atoms with Crippen molar-refractivity contribution in [2.24, 2.45) is 5.73 Å². The fraction of sp³-hybridized carbons (Fsp3) is 0.786. The predicted octanol–water partition coefficient (Wildman–Crippen LogP) is 3.78. The van der Waals surface area contributed by atoms with E-state index in [0.717, 1.165) is 38.3 Å². The van der Waals surface area contributed by atoms with E-state index in [1.807, 2.05) is 0 Å². The van der Waals surface area contributed by atoms with Gasteiger partial charge in [-0.05, 0) is 31.9 Å². The maximum absolute atomic E-state index is 12.6. The zero-order valence-corrected chi connectivity index (χ0v) is 11.2. The van der Waals surface area contributed by atoms with E-state index in [1.165, 1.54) is 32.1 Å². The normalized spacial score (nSPS) is 11.8. The standard InChI is InChI=1S/C14H26FNO2/c15-13(14(17)18)11-9-7-5-3-1-2-4-6-8-10-12-16/h11H,1-10,12,16H2,(H,17,18).